The minimum Gasteiger partial charge on any atom is -0.468 e. The first-order valence-electron chi connectivity index (χ1n) is 4.60. The summed E-state index contributed by atoms with van der Waals surface area (Å²) >= 11 is 0. The maximum atomic E-state index is 13.2. The Kier molecular flexibility index (Phi) is 3.97. The molecular formula is C11H11FN2O2. The van der Waals surface area contributed by atoms with E-state index in [9.17, 15) is 9.18 Å². The van der Waals surface area contributed by atoms with E-state index in [1.165, 1.54) is 19.2 Å². The molecule has 1 unspecified atom stereocenters. The second-order valence-corrected chi connectivity index (χ2v) is 3.26. The minimum absolute atomic E-state index is 0.0320. The van der Waals surface area contributed by atoms with Crippen molar-refractivity contribution in [3.8, 4) is 6.07 Å². The van der Waals surface area contributed by atoms with Crippen LogP contribution in [-0.2, 0) is 16.0 Å². The zero-order chi connectivity index (χ0) is 12.1. The Morgan fingerprint density at radius 2 is 2.38 bits per heavy atom. The van der Waals surface area contributed by atoms with Crippen LogP contribution in [0.1, 0.15) is 11.1 Å². The zero-order valence-corrected chi connectivity index (χ0v) is 8.74. The maximum absolute atomic E-state index is 13.2. The number of carbonyl (C=O) groups excluding carboxylic acids is 1. The molecule has 1 aromatic carbocycles. The normalized spacial score (nSPS) is 11.6. The molecule has 0 radical (unpaired) electrons. The van der Waals surface area contributed by atoms with Crippen LogP contribution in [0.15, 0.2) is 18.2 Å². The standard InChI is InChI=1S/C11H11FN2O2/c1-16-11(15)10(14)5-7-2-3-8(6-13)9(12)4-7/h2-4,10H,5,14H2,1H3. The average molecular weight is 222 g/mol. The summed E-state index contributed by atoms with van der Waals surface area (Å²) in [5, 5.41) is 8.53. The third-order valence-electron chi connectivity index (χ3n) is 2.11. The van der Waals surface area contributed by atoms with E-state index in [-0.39, 0.29) is 12.0 Å². The number of nitriles is 1. The van der Waals surface area contributed by atoms with Crippen LogP contribution in [0.4, 0.5) is 4.39 Å². The van der Waals surface area contributed by atoms with Gasteiger partial charge in [0.05, 0.1) is 12.7 Å². The average Bonchev–Trinajstić information content (AvgIpc) is 2.28. The molecule has 0 aromatic heterocycles. The Morgan fingerprint density at radius 1 is 1.69 bits per heavy atom. The van der Waals surface area contributed by atoms with E-state index >= 15 is 0 Å². The fourth-order valence-electron chi connectivity index (χ4n) is 1.26. The van der Waals surface area contributed by atoms with Crippen molar-refractivity contribution in [1.82, 2.24) is 0 Å². The van der Waals surface area contributed by atoms with Crippen molar-refractivity contribution in [1.29, 1.82) is 5.26 Å². The molecule has 1 rings (SSSR count). The molecule has 0 aliphatic rings. The lowest BCUT2D eigenvalue weighted by Crippen LogP contribution is -2.33. The summed E-state index contributed by atoms with van der Waals surface area (Å²) in [5.74, 6) is -1.16. The molecule has 0 saturated heterocycles. The summed E-state index contributed by atoms with van der Waals surface area (Å²) in [4.78, 5) is 11.0. The number of halogens is 1. The highest BCUT2D eigenvalue weighted by atomic mass is 19.1. The quantitative estimate of drug-likeness (QED) is 0.765. The summed E-state index contributed by atoms with van der Waals surface area (Å²) < 4.78 is 17.7. The second kappa shape index (κ2) is 5.24. The number of ether oxygens (including phenoxy) is 1. The van der Waals surface area contributed by atoms with Gasteiger partial charge in [-0.25, -0.2) is 4.39 Å². The first kappa shape index (κ1) is 12.1. The van der Waals surface area contributed by atoms with Gasteiger partial charge in [0.25, 0.3) is 0 Å². The van der Waals surface area contributed by atoms with Crippen LogP contribution >= 0.6 is 0 Å². The van der Waals surface area contributed by atoms with Gasteiger partial charge in [-0.15, -0.1) is 0 Å². The van der Waals surface area contributed by atoms with E-state index in [1.807, 2.05) is 0 Å². The highest BCUT2D eigenvalue weighted by molar-refractivity contribution is 5.75. The van der Waals surface area contributed by atoms with Gasteiger partial charge in [0.1, 0.15) is 17.9 Å². The second-order valence-electron chi connectivity index (χ2n) is 3.26. The number of hydrogen-bond donors (Lipinski definition) is 1. The van der Waals surface area contributed by atoms with Gasteiger partial charge in [0, 0.05) is 0 Å². The minimum atomic E-state index is -0.822. The molecule has 0 bridgehead atoms. The van der Waals surface area contributed by atoms with Crippen molar-refractivity contribution >= 4 is 5.97 Å². The van der Waals surface area contributed by atoms with E-state index in [4.69, 9.17) is 11.0 Å². The van der Waals surface area contributed by atoms with Gasteiger partial charge in [-0.05, 0) is 24.1 Å². The van der Waals surface area contributed by atoms with Crippen LogP contribution in [-0.4, -0.2) is 19.1 Å². The number of hydrogen-bond acceptors (Lipinski definition) is 4. The molecule has 0 heterocycles. The fourth-order valence-corrected chi connectivity index (χ4v) is 1.26. The van der Waals surface area contributed by atoms with Crippen molar-refractivity contribution in [3.05, 3.63) is 35.1 Å². The van der Waals surface area contributed by atoms with Crippen LogP contribution in [0.2, 0.25) is 0 Å². The Labute approximate surface area is 92.4 Å². The molecule has 1 aromatic rings. The molecule has 0 aliphatic heterocycles. The van der Waals surface area contributed by atoms with Crippen molar-refractivity contribution in [2.45, 2.75) is 12.5 Å². The molecular weight excluding hydrogens is 211 g/mol. The van der Waals surface area contributed by atoms with Gasteiger partial charge in [-0.1, -0.05) is 6.07 Å². The fraction of sp³-hybridized carbons (Fsp3) is 0.273. The van der Waals surface area contributed by atoms with E-state index in [2.05, 4.69) is 4.74 Å². The molecule has 84 valence electrons. The molecule has 4 nitrogen and oxygen atoms in total. The SMILES string of the molecule is COC(=O)C(N)Cc1ccc(C#N)c(F)c1. The van der Waals surface area contributed by atoms with Crippen molar-refractivity contribution < 1.29 is 13.9 Å². The first-order chi connectivity index (χ1) is 7.58. The van der Waals surface area contributed by atoms with Gasteiger partial charge in [-0.3, -0.25) is 4.79 Å². The van der Waals surface area contributed by atoms with Gasteiger partial charge < -0.3 is 10.5 Å². The molecule has 0 saturated carbocycles. The predicted octanol–water partition coefficient (Wildman–Crippen LogP) is 0.740. The number of benzene rings is 1. The Morgan fingerprint density at radius 3 is 2.88 bits per heavy atom. The van der Waals surface area contributed by atoms with Gasteiger partial charge >= 0.3 is 5.97 Å². The van der Waals surface area contributed by atoms with E-state index in [0.717, 1.165) is 0 Å². The third kappa shape index (κ3) is 2.78. The number of methoxy groups -OCH3 is 1. The van der Waals surface area contributed by atoms with E-state index in [1.54, 1.807) is 12.1 Å². The first-order valence-corrected chi connectivity index (χ1v) is 4.60. The Hall–Kier alpha value is -1.93. The lowest BCUT2D eigenvalue weighted by Gasteiger charge is -2.09. The number of nitrogens with two attached hydrogens (primary N) is 1. The molecule has 0 fully saturated rings. The molecule has 16 heavy (non-hydrogen) atoms. The number of rotatable bonds is 3. The highest BCUT2D eigenvalue weighted by Crippen LogP contribution is 2.11. The van der Waals surface area contributed by atoms with Crippen LogP contribution in [0.3, 0.4) is 0 Å². The van der Waals surface area contributed by atoms with Gasteiger partial charge in [0.15, 0.2) is 0 Å². The van der Waals surface area contributed by atoms with Crippen LogP contribution in [0.5, 0.6) is 0 Å². The number of carbonyl (C=O) groups is 1. The summed E-state index contributed by atoms with van der Waals surface area (Å²) in [5.41, 5.74) is 6.04. The molecule has 0 aliphatic carbocycles. The molecule has 5 heteroatoms. The largest absolute Gasteiger partial charge is 0.468 e. The molecule has 0 spiro atoms. The molecule has 1 atom stereocenters. The third-order valence-corrected chi connectivity index (χ3v) is 2.11. The molecule has 2 N–H and O–H groups in total. The van der Waals surface area contributed by atoms with Crippen molar-refractivity contribution in [2.24, 2.45) is 5.73 Å². The summed E-state index contributed by atoms with van der Waals surface area (Å²) in [7, 11) is 1.24. The Bertz CT molecular complexity index is 440. The van der Waals surface area contributed by atoms with Crippen LogP contribution < -0.4 is 5.73 Å². The summed E-state index contributed by atoms with van der Waals surface area (Å²) in [6.45, 7) is 0. The van der Waals surface area contributed by atoms with Crippen LogP contribution in [0.25, 0.3) is 0 Å². The lowest BCUT2D eigenvalue weighted by molar-refractivity contribution is -0.142. The molecule has 0 amide bonds. The van der Waals surface area contributed by atoms with E-state index in [0.29, 0.717) is 5.56 Å². The van der Waals surface area contributed by atoms with E-state index < -0.39 is 17.8 Å². The number of nitrogens with zero attached hydrogens (tertiary/aromatic N) is 1. The van der Waals surface area contributed by atoms with Gasteiger partial charge in [-0.2, -0.15) is 5.26 Å². The maximum Gasteiger partial charge on any atom is 0.322 e. The highest BCUT2D eigenvalue weighted by Gasteiger charge is 2.15. The van der Waals surface area contributed by atoms with Crippen molar-refractivity contribution in [2.75, 3.05) is 7.11 Å². The van der Waals surface area contributed by atoms with Gasteiger partial charge in [0.2, 0.25) is 0 Å². The summed E-state index contributed by atoms with van der Waals surface area (Å²) in [6.07, 6.45) is 0.176. The predicted molar refractivity (Wildman–Crippen MR) is 54.8 cm³/mol. The summed E-state index contributed by atoms with van der Waals surface area (Å²) in [6, 6.07) is 5.00. The zero-order valence-electron chi connectivity index (χ0n) is 8.74. The topological polar surface area (TPSA) is 76.1 Å². The smallest absolute Gasteiger partial charge is 0.322 e. The van der Waals surface area contributed by atoms with Crippen LogP contribution in [0, 0.1) is 17.1 Å². The number of esters is 1. The lowest BCUT2D eigenvalue weighted by atomic mass is 10.0. The monoisotopic (exact) mass is 222 g/mol. The Balaban J connectivity index is 2.80. The van der Waals surface area contributed by atoms with Crippen molar-refractivity contribution in [3.63, 3.8) is 0 Å².